The number of nitrogens with one attached hydrogen (secondary N) is 2. The van der Waals surface area contributed by atoms with Crippen LogP contribution in [0.4, 0.5) is 0 Å². The Bertz CT molecular complexity index is 795. The molecule has 0 spiro atoms. The first-order chi connectivity index (χ1) is 10.9. The van der Waals surface area contributed by atoms with Crippen molar-refractivity contribution >= 4 is 22.8 Å². The highest BCUT2D eigenvalue weighted by Crippen LogP contribution is 2.19. The van der Waals surface area contributed by atoms with E-state index in [0.717, 1.165) is 6.07 Å². The monoisotopic (exact) mass is 318 g/mol. The third kappa shape index (κ3) is 4.09. The molecule has 2 rings (SSSR count). The van der Waals surface area contributed by atoms with Gasteiger partial charge >= 0.3 is 0 Å². The minimum Gasteiger partial charge on any atom is -0.497 e. The van der Waals surface area contributed by atoms with Gasteiger partial charge in [0.1, 0.15) is 11.3 Å². The van der Waals surface area contributed by atoms with E-state index in [1.165, 1.54) is 13.2 Å². The second kappa shape index (κ2) is 6.95. The van der Waals surface area contributed by atoms with Gasteiger partial charge in [-0.2, -0.15) is 0 Å². The summed E-state index contributed by atoms with van der Waals surface area (Å²) in [5, 5.41) is 5.40. The lowest BCUT2D eigenvalue weighted by Crippen LogP contribution is -2.39. The largest absolute Gasteiger partial charge is 0.497 e. The van der Waals surface area contributed by atoms with Gasteiger partial charge in [-0.25, -0.2) is 0 Å². The number of carbonyl (C=O) groups is 2. The molecule has 0 aliphatic rings. The molecular weight excluding hydrogens is 300 g/mol. The Morgan fingerprint density at radius 1 is 1.26 bits per heavy atom. The molecule has 0 radical (unpaired) electrons. The first kappa shape index (κ1) is 16.5. The summed E-state index contributed by atoms with van der Waals surface area (Å²) in [4.78, 5) is 35.6. The van der Waals surface area contributed by atoms with Crippen LogP contribution < -0.4 is 20.8 Å². The molecule has 1 aromatic heterocycles. The number of methoxy groups -OCH3 is 1. The molecule has 0 aliphatic carbocycles. The average molecular weight is 318 g/mol. The molecule has 0 aliphatic heterocycles. The first-order valence-corrected chi connectivity index (χ1v) is 7.10. The molecule has 2 N–H and O–H groups in total. The lowest BCUT2D eigenvalue weighted by atomic mass is 10.2. The molecule has 0 saturated heterocycles. The molecule has 0 atom stereocenters. The zero-order chi connectivity index (χ0) is 17.0. The molecule has 0 bridgehead atoms. The van der Waals surface area contributed by atoms with Gasteiger partial charge in [0.15, 0.2) is 11.2 Å². The van der Waals surface area contributed by atoms with Gasteiger partial charge in [0, 0.05) is 18.2 Å². The summed E-state index contributed by atoms with van der Waals surface area (Å²) in [5.74, 6) is -0.605. The Morgan fingerprint density at radius 3 is 2.65 bits per heavy atom. The van der Waals surface area contributed by atoms with E-state index in [0.29, 0.717) is 11.1 Å². The van der Waals surface area contributed by atoms with Gasteiger partial charge in [0.25, 0.3) is 5.91 Å². The molecule has 0 saturated carbocycles. The molecule has 122 valence electrons. The molecule has 7 nitrogen and oxygen atoms in total. The number of benzene rings is 1. The van der Waals surface area contributed by atoms with Crippen molar-refractivity contribution in [2.45, 2.75) is 19.9 Å². The van der Waals surface area contributed by atoms with Crippen LogP contribution in [0, 0.1) is 0 Å². The summed E-state index contributed by atoms with van der Waals surface area (Å²) in [7, 11) is 1.49. The van der Waals surface area contributed by atoms with Crippen molar-refractivity contribution in [1.82, 2.24) is 10.6 Å². The molecule has 0 unspecified atom stereocenters. The van der Waals surface area contributed by atoms with Crippen molar-refractivity contribution in [1.29, 1.82) is 0 Å². The van der Waals surface area contributed by atoms with Crippen molar-refractivity contribution in [2.24, 2.45) is 0 Å². The Balaban J connectivity index is 2.20. The molecule has 0 fully saturated rings. The predicted octanol–water partition coefficient (Wildman–Crippen LogP) is 1.06. The molecule has 2 amide bonds. The van der Waals surface area contributed by atoms with Crippen LogP contribution in [0.3, 0.4) is 0 Å². The van der Waals surface area contributed by atoms with Gasteiger partial charge < -0.3 is 19.8 Å². The Kier molecular flexibility index (Phi) is 5.00. The number of fused-ring (bicyclic) bond motifs is 1. The normalized spacial score (nSPS) is 10.6. The Hall–Kier alpha value is -2.83. The highest BCUT2D eigenvalue weighted by molar-refractivity contribution is 5.95. The number of amides is 2. The number of carbonyl (C=O) groups excluding carboxylic acids is 2. The molecule has 23 heavy (non-hydrogen) atoms. The summed E-state index contributed by atoms with van der Waals surface area (Å²) >= 11 is 0. The third-order valence-electron chi connectivity index (χ3n) is 3.02. The van der Waals surface area contributed by atoms with Gasteiger partial charge in [0.05, 0.1) is 19.0 Å². The van der Waals surface area contributed by atoms with Crippen LogP contribution in [0.5, 0.6) is 5.75 Å². The lowest BCUT2D eigenvalue weighted by molar-refractivity contribution is -0.120. The van der Waals surface area contributed by atoms with Crippen LogP contribution in [0.25, 0.3) is 11.0 Å². The zero-order valence-electron chi connectivity index (χ0n) is 13.1. The SMILES string of the molecule is COc1ccc2c(=O)cc(C(=O)NCC(=O)NC(C)C)oc2c1. The van der Waals surface area contributed by atoms with Crippen molar-refractivity contribution < 1.29 is 18.7 Å². The van der Waals surface area contributed by atoms with Crippen molar-refractivity contribution in [2.75, 3.05) is 13.7 Å². The van der Waals surface area contributed by atoms with Crippen LogP contribution >= 0.6 is 0 Å². The zero-order valence-corrected chi connectivity index (χ0v) is 13.1. The number of rotatable bonds is 5. The fourth-order valence-corrected chi connectivity index (χ4v) is 1.99. The lowest BCUT2D eigenvalue weighted by Gasteiger charge is -2.09. The van der Waals surface area contributed by atoms with Crippen molar-refractivity contribution in [3.05, 3.63) is 40.2 Å². The van der Waals surface area contributed by atoms with E-state index < -0.39 is 5.91 Å². The van der Waals surface area contributed by atoms with Gasteiger partial charge in [-0.1, -0.05) is 0 Å². The van der Waals surface area contributed by atoms with Crippen molar-refractivity contribution in [3.8, 4) is 5.75 Å². The van der Waals surface area contributed by atoms with Gasteiger partial charge in [-0.3, -0.25) is 14.4 Å². The minimum atomic E-state index is -0.634. The van der Waals surface area contributed by atoms with Crippen LogP contribution in [-0.4, -0.2) is 31.5 Å². The molecule has 2 aromatic rings. The fraction of sp³-hybridized carbons (Fsp3) is 0.312. The predicted molar refractivity (Wildman–Crippen MR) is 84.6 cm³/mol. The van der Waals surface area contributed by atoms with E-state index >= 15 is 0 Å². The summed E-state index contributed by atoms with van der Waals surface area (Å²) < 4.78 is 10.5. The second-order valence-electron chi connectivity index (χ2n) is 5.24. The second-order valence-corrected chi connectivity index (χ2v) is 5.24. The maximum atomic E-state index is 12.0. The van der Waals surface area contributed by atoms with Gasteiger partial charge in [-0.05, 0) is 26.0 Å². The summed E-state index contributed by atoms with van der Waals surface area (Å²) in [5.41, 5.74) is -0.0979. The van der Waals surface area contributed by atoms with Crippen LogP contribution in [-0.2, 0) is 4.79 Å². The number of hydrogen-bond donors (Lipinski definition) is 2. The third-order valence-corrected chi connectivity index (χ3v) is 3.02. The molecule has 7 heteroatoms. The standard InChI is InChI=1S/C16H18N2O5/c1-9(2)18-15(20)8-17-16(21)14-7-12(19)11-5-4-10(22-3)6-13(11)23-14/h4-7,9H,8H2,1-3H3,(H,17,21)(H,18,20). The fourth-order valence-electron chi connectivity index (χ4n) is 1.99. The van der Waals surface area contributed by atoms with E-state index in [1.807, 2.05) is 13.8 Å². The first-order valence-electron chi connectivity index (χ1n) is 7.10. The maximum Gasteiger partial charge on any atom is 0.287 e. The highest BCUT2D eigenvalue weighted by Gasteiger charge is 2.14. The van der Waals surface area contributed by atoms with E-state index in [4.69, 9.17) is 9.15 Å². The number of hydrogen-bond acceptors (Lipinski definition) is 5. The highest BCUT2D eigenvalue weighted by atomic mass is 16.5. The average Bonchev–Trinajstić information content (AvgIpc) is 2.51. The summed E-state index contributed by atoms with van der Waals surface area (Å²) in [6, 6.07) is 5.81. The Labute approximate surface area is 132 Å². The quantitative estimate of drug-likeness (QED) is 0.859. The van der Waals surface area contributed by atoms with E-state index in [2.05, 4.69) is 10.6 Å². The van der Waals surface area contributed by atoms with Crippen LogP contribution in [0.15, 0.2) is 33.5 Å². The van der Waals surface area contributed by atoms with Crippen LogP contribution in [0.2, 0.25) is 0 Å². The van der Waals surface area contributed by atoms with E-state index in [9.17, 15) is 14.4 Å². The van der Waals surface area contributed by atoms with E-state index in [1.54, 1.807) is 12.1 Å². The maximum absolute atomic E-state index is 12.0. The van der Waals surface area contributed by atoms with Gasteiger partial charge in [0.2, 0.25) is 5.91 Å². The van der Waals surface area contributed by atoms with E-state index in [-0.39, 0.29) is 35.3 Å². The van der Waals surface area contributed by atoms with Crippen molar-refractivity contribution in [3.63, 3.8) is 0 Å². The molecule has 1 heterocycles. The smallest absolute Gasteiger partial charge is 0.287 e. The topological polar surface area (TPSA) is 97.6 Å². The summed E-state index contributed by atoms with van der Waals surface area (Å²) in [6.45, 7) is 3.43. The number of ether oxygens (including phenoxy) is 1. The minimum absolute atomic E-state index is 0.0227. The summed E-state index contributed by atoms with van der Waals surface area (Å²) in [6.07, 6.45) is 0. The Morgan fingerprint density at radius 2 is 2.00 bits per heavy atom. The molecular formula is C16H18N2O5. The molecule has 1 aromatic carbocycles. The van der Waals surface area contributed by atoms with Gasteiger partial charge in [-0.15, -0.1) is 0 Å². The van der Waals surface area contributed by atoms with Crippen LogP contribution in [0.1, 0.15) is 24.4 Å².